The van der Waals surface area contributed by atoms with Gasteiger partial charge in [0, 0.05) is 29.9 Å². The summed E-state index contributed by atoms with van der Waals surface area (Å²) in [4.78, 5) is 28.8. The summed E-state index contributed by atoms with van der Waals surface area (Å²) >= 11 is 0. The Kier molecular flexibility index (Phi) is 7.63. The summed E-state index contributed by atoms with van der Waals surface area (Å²) in [5.41, 5.74) is 8.02. The SMILES string of the molecule is Cc1ccc(C(O)(C(N)=O)C(F)(F)F)cc1-c1cnc(N)c(-c2cnn(C)c2)n1.O=C(O)C(F)(F)F. The topological polar surface area (TPSA) is 170 Å². The van der Waals surface area contributed by atoms with Crippen LogP contribution >= 0.6 is 0 Å². The molecule has 0 fully saturated rings. The number of aromatic nitrogens is 4. The number of alkyl halides is 6. The summed E-state index contributed by atoms with van der Waals surface area (Å²) in [7, 11) is 1.70. The second-order valence-corrected chi connectivity index (χ2v) is 7.30. The minimum absolute atomic E-state index is 0.111. The summed E-state index contributed by atoms with van der Waals surface area (Å²) in [5.74, 6) is -4.58. The molecule has 16 heteroatoms. The van der Waals surface area contributed by atoms with E-state index < -0.39 is 35.4 Å². The zero-order chi connectivity index (χ0) is 27.6. The smallest absolute Gasteiger partial charge is 0.475 e. The van der Waals surface area contributed by atoms with E-state index in [0.717, 1.165) is 12.1 Å². The standard InChI is InChI=1S/C18H17F3N6O2.C2HF3O2/c1-9-3-4-11(17(29,16(23)28)18(19,20)21)5-12(9)13-7-24-15(22)14(26-13)10-6-25-27(2)8-10;3-2(4,5)1(6)7/h3-8,29H,1-2H3,(H2,22,24)(H2,23,28);(H,6,7). The Balaban J connectivity index is 0.000000572. The second kappa shape index (κ2) is 9.80. The van der Waals surface area contributed by atoms with Crippen molar-refractivity contribution in [2.24, 2.45) is 12.8 Å². The van der Waals surface area contributed by atoms with Crippen LogP contribution in [-0.4, -0.2) is 54.2 Å². The number of benzene rings is 1. The Bertz CT molecular complexity index is 1290. The molecule has 36 heavy (non-hydrogen) atoms. The van der Waals surface area contributed by atoms with Crippen LogP contribution in [0.25, 0.3) is 22.5 Å². The van der Waals surface area contributed by atoms with Crippen LogP contribution in [0.3, 0.4) is 0 Å². The van der Waals surface area contributed by atoms with Crippen molar-refractivity contribution in [2.45, 2.75) is 24.9 Å². The predicted octanol–water partition coefficient (Wildman–Crippen LogP) is 2.30. The molecule has 0 aliphatic carbocycles. The second-order valence-electron chi connectivity index (χ2n) is 7.30. The number of nitrogens with zero attached hydrogens (tertiary/aromatic N) is 4. The van der Waals surface area contributed by atoms with E-state index in [-0.39, 0.29) is 17.1 Å². The van der Waals surface area contributed by atoms with E-state index >= 15 is 0 Å². The average Bonchev–Trinajstić information content (AvgIpc) is 3.19. The first-order valence-corrected chi connectivity index (χ1v) is 9.51. The molecule has 0 aliphatic heterocycles. The van der Waals surface area contributed by atoms with Crippen molar-refractivity contribution in [1.29, 1.82) is 0 Å². The number of rotatable bonds is 4. The maximum atomic E-state index is 13.4. The number of nitrogens with two attached hydrogens (primary N) is 2. The van der Waals surface area contributed by atoms with Crippen molar-refractivity contribution in [3.8, 4) is 22.5 Å². The van der Waals surface area contributed by atoms with Gasteiger partial charge in [-0.15, -0.1) is 0 Å². The highest BCUT2D eigenvalue weighted by atomic mass is 19.4. The number of anilines is 1. The van der Waals surface area contributed by atoms with Crippen LogP contribution in [0.15, 0.2) is 36.8 Å². The van der Waals surface area contributed by atoms with E-state index in [2.05, 4.69) is 15.1 Å². The van der Waals surface area contributed by atoms with Crippen molar-refractivity contribution in [3.63, 3.8) is 0 Å². The molecular formula is C20H18F6N6O4. The van der Waals surface area contributed by atoms with Crippen LogP contribution < -0.4 is 11.5 Å². The number of carboxylic acids is 1. The van der Waals surface area contributed by atoms with Crippen LogP contribution in [-0.2, 0) is 22.2 Å². The molecule has 0 saturated heterocycles. The van der Waals surface area contributed by atoms with Crippen molar-refractivity contribution < 1.29 is 46.1 Å². The van der Waals surface area contributed by atoms with Gasteiger partial charge in [-0.1, -0.05) is 12.1 Å². The number of hydrogen-bond donors (Lipinski definition) is 4. The fourth-order valence-electron chi connectivity index (χ4n) is 2.85. The molecular weight excluding hydrogens is 502 g/mol. The third-order valence-electron chi connectivity index (χ3n) is 4.72. The first-order chi connectivity index (χ1) is 16.4. The van der Waals surface area contributed by atoms with Crippen molar-refractivity contribution in [1.82, 2.24) is 19.7 Å². The molecule has 1 unspecified atom stereocenters. The molecule has 1 aromatic carbocycles. The number of aliphatic carboxylic acids is 1. The van der Waals surface area contributed by atoms with Gasteiger partial charge >= 0.3 is 18.3 Å². The zero-order valence-corrected chi connectivity index (χ0v) is 18.4. The molecule has 1 atom stereocenters. The number of hydrogen-bond acceptors (Lipinski definition) is 7. The Labute approximate surface area is 198 Å². The van der Waals surface area contributed by atoms with Gasteiger partial charge in [-0.25, -0.2) is 14.8 Å². The van der Waals surface area contributed by atoms with Gasteiger partial charge in [0.1, 0.15) is 11.5 Å². The molecule has 194 valence electrons. The fourth-order valence-corrected chi connectivity index (χ4v) is 2.85. The zero-order valence-electron chi connectivity index (χ0n) is 18.4. The van der Waals surface area contributed by atoms with E-state index in [1.54, 1.807) is 20.2 Å². The van der Waals surface area contributed by atoms with Gasteiger partial charge in [0.05, 0.1) is 18.1 Å². The van der Waals surface area contributed by atoms with Crippen molar-refractivity contribution in [2.75, 3.05) is 5.73 Å². The molecule has 6 N–H and O–H groups in total. The summed E-state index contributed by atoms with van der Waals surface area (Å²) < 4.78 is 73.5. The maximum Gasteiger partial charge on any atom is 0.490 e. The number of aliphatic hydroxyl groups is 1. The summed E-state index contributed by atoms with van der Waals surface area (Å²) in [6.45, 7) is 1.64. The number of aryl methyl sites for hydroxylation is 2. The highest BCUT2D eigenvalue weighted by Gasteiger charge is 2.60. The Hall–Kier alpha value is -4.21. The molecule has 2 heterocycles. The lowest BCUT2D eigenvalue weighted by Crippen LogP contribution is -2.52. The highest BCUT2D eigenvalue weighted by Crippen LogP contribution is 2.40. The van der Waals surface area contributed by atoms with E-state index in [9.17, 15) is 36.2 Å². The van der Waals surface area contributed by atoms with Crippen molar-refractivity contribution in [3.05, 3.63) is 47.9 Å². The van der Waals surface area contributed by atoms with Crippen LogP contribution in [0.2, 0.25) is 0 Å². The first kappa shape index (κ1) is 28.0. The van der Waals surface area contributed by atoms with E-state index in [4.69, 9.17) is 21.4 Å². The molecule has 3 rings (SSSR count). The van der Waals surface area contributed by atoms with Gasteiger partial charge in [-0.2, -0.15) is 31.4 Å². The van der Waals surface area contributed by atoms with E-state index in [1.807, 2.05) is 0 Å². The number of nitrogen functional groups attached to an aromatic ring is 1. The molecule has 1 amide bonds. The molecule has 0 aliphatic rings. The van der Waals surface area contributed by atoms with E-state index in [1.165, 1.54) is 23.1 Å². The van der Waals surface area contributed by atoms with Crippen LogP contribution in [0.1, 0.15) is 11.1 Å². The monoisotopic (exact) mass is 520 g/mol. The molecule has 0 radical (unpaired) electrons. The molecule has 0 bridgehead atoms. The number of carbonyl (C=O) groups excluding carboxylic acids is 1. The van der Waals surface area contributed by atoms with Gasteiger partial charge in [0.15, 0.2) is 0 Å². The quantitative estimate of drug-likeness (QED) is 0.380. The molecule has 10 nitrogen and oxygen atoms in total. The predicted molar refractivity (Wildman–Crippen MR) is 112 cm³/mol. The molecule has 0 saturated carbocycles. The fraction of sp³-hybridized carbons (Fsp3) is 0.250. The Morgan fingerprint density at radius 2 is 1.67 bits per heavy atom. The minimum Gasteiger partial charge on any atom is -0.475 e. The number of amides is 1. The first-order valence-electron chi connectivity index (χ1n) is 9.51. The number of carboxylic acid groups (broad SMARTS) is 1. The Morgan fingerprint density at radius 3 is 2.11 bits per heavy atom. The summed E-state index contributed by atoms with van der Waals surface area (Å²) in [6.07, 6.45) is -5.93. The Morgan fingerprint density at radius 1 is 1.08 bits per heavy atom. The van der Waals surface area contributed by atoms with Crippen molar-refractivity contribution >= 4 is 17.7 Å². The van der Waals surface area contributed by atoms with Crippen LogP contribution in [0.5, 0.6) is 0 Å². The largest absolute Gasteiger partial charge is 0.490 e. The third kappa shape index (κ3) is 5.70. The van der Waals surface area contributed by atoms with Gasteiger partial charge in [-0.3, -0.25) is 9.48 Å². The van der Waals surface area contributed by atoms with Gasteiger partial charge in [-0.05, 0) is 18.6 Å². The number of primary amides is 1. The average molecular weight is 520 g/mol. The molecule has 2 aromatic heterocycles. The lowest BCUT2D eigenvalue weighted by Gasteiger charge is -2.28. The van der Waals surface area contributed by atoms with Gasteiger partial charge in [0.2, 0.25) is 0 Å². The number of carbonyl (C=O) groups is 2. The lowest BCUT2D eigenvalue weighted by atomic mass is 9.89. The third-order valence-corrected chi connectivity index (χ3v) is 4.72. The molecule has 3 aromatic rings. The summed E-state index contributed by atoms with van der Waals surface area (Å²) in [5, 5.41) is 21.2. The van der Waals surface area contributed by atoms with Gasteiger partial charge < -0.3 is 21.7 Å². The normalized spacial score (nSPS) is 13.4. The van der Waals surface area contributed by atoms with Crippen LogP contribution in [0, 0.1) is 6.92 Å². The summed E-state index contributed by atoms with van der Waals surface area (Å²) in [6, 6.07) is 3.33. The maximum absolute atomic E-state index is 13.4. The lowest BCUT2D eigenvalue weighted by molar-refractivity contribution is -0.255. The molecule has 0 spiro atoms. The highest BCUT2D eigenvalue weighted by molar-refractivity contribution is 5.86. The van der Waals surface area contributed by atoms with Crippen LogP contribution in [0.4, 0.5) is 32.2 Å². The van der Waals surface area contributed by atoms with E-state index in [0.29, 0.717) is 16.8 Å². The van der Waals surface area contributed by atoms with Gasteiger partial charge in [0.25, 0.3) is 11.5 Å². The number of halogens is 6. The minimum atomic E-state index is -5.31.